The maximum Gasteiger partial charge on any atom is 0.270 e. The van der Waals surface area contributed by atoms with Gasteiger partial charge < -0.3 is 9.47 Å². The molecule has 0 bridgehead atoms. The van der Waals surface area contributed by atoms with Crippen molar-refractivity contribution in [3.05, 3.63) is 62.5 Å². The van der Waals surface area contributed by atoms with Crippen LogP contribution in [0.1, 0.15) is 10.4 Å². The Morgan fingerprint density at radius 1 is 1.18 bits per heavy atom. The first-order chi connectivity index (χ1) is 13.5. The number of thiazole rings is 1. The molecule has 0 atom stereocenters. The minimum absolute atomic E-state index is 0.00643. The average molecular weight is 418 g/mol. The zero-order valence-corrected chi connectivity index (χ0v) is 15.7. The number of nitro groups is 1. The van der Waals surface area contributed by atoms with Gasteiger partial charge in [-0.3, -0.25) is 20.2 Å². The number of benzene rings is 2. The van der Waals surface area contributed by atoms with Crippen LogP contribution < -0.4 is 14.8 Å². The number of carbonyl (C=O) groups is 1. The molecule has 0 saturated heterocycles. The van der Waals surface area contributed by atoms with Gasteiger partial charge in [0.1, 0.15) is 13.2 Å². The number of amides is 1. The maximum absolute atomic E-state index is 12.5. The van der Waals surface area contributed by atoms with Crippen molar-refractivity contribution in [3.8, 4) is 22.8 Å². The van der Waals surface area contributed by atoms with Gasteiger partial charge >= 0.3 is 0 Å². The lowest BCUT2D eigenvalue weighted by atomic mass is 10.1. The molecular formula is C18H12ClN3O5S. The van der Waals surface area contributed by atoms with Gasteiger partial charge in [-0.15, -0.1) is 11.3 Å². The van der Waals surface area contributed by atoms with Crippen LogP contribution in [0, 0.1) is 10.1 Å². The van der Waals surface area contributed by atoms with E-state index in [2.05, 4.69) is 10.3 Å². The highest BCUT2D eigenvalue weighted by molar-refractivity contribution is 7.14. The predicted molar refractivity (Wildman–Crippen MR) is 105 cm³/mol. The maximum atomic E-state index is 12.5. The predicted octanol–water partition coefficient (Wildman–Crippen LogP) is 4.40. The molecule has 10 heteroatoms. The number of nitro benzene ring substituents is 1. The van der Waals surface area contributed by atoms with E-state index in [1.807, 2.05) is 18.2 Å². The number of nitrogens with zero attached hydrogens (tertiary/aromatic N) is 2. The molecule has 1 amide bonds. The first-order valence-electron chi connectivity index (χ1n) is 8.12. The number of hydrogen-bond acceptors (Lipinski definition) is 7. The van der Waals surface area contributed by atoms with Gasteiger partial charge in [-0.2, -0.15) is 0 Å². The van der Waals surface area contributed by atoms with Crippen LogP contribution in [-0.4, -0.2) is 29.0 Å². The second-order valence-electron chi connectivity index (χ2n) is 5.77. The number of fused-ring (bicyclic) bond motifs is 1. The second-order valence-corrected chi connectivity index (χ2v) is 7.04. The van der Waals surface area contributed by atoms with E-state index >= 15 is 0 Å². The molecular weight excluding hydrogens is 406 g/mol. The number of hydrogen-bond donors (Lipinski definition) is 1. The van der Waals surface area contributed by atoms with Crippen molar-refractivity contribution in [1.29, 1.82) is 0 Å². The van der Waals surface area contributed by atoms with Crippen LogP contribution in [0.15, 0.2) is 41.8 Å². The molecule has 142 valence electrons. The van der Waals surface area contributed by atoms with Crippen LogP contribution >= 0.6 is 22.9 Å². The minimum atomic E-state index is -0.587. The highest BCUT2D eigenvalue weighted by Gasteiger charge is 2.18. The minimum Gasteiger partial charge on any atom is -0.486 e. The highest BCUT2D eigenvalue weighted by atomic mass is 35.5. The Morgan fingerprint density at radius 3 is 2.75 bits per heavy atom. The smallest absolute Gasteiger partial charge is 0.270 e. The monoisotopic (exact) mass is 417 g/mol. The zero-order chi connectivity index (χ0) is 19.7. The summed E-state index contributed by atoms with van der Waals surface area (Å²) >= 11 is 7.23. The molecule has 0 radical (unpaired) electrons. The van der Waals surface area contributed by atoms with Crippen molar-refractivity contribution < 1.29 is 19.2 Å². The van der Waals surface area contributed by atoms with Crippen LogP contribution in [0.25, 0.3) is 11.3 Å². The van der Waals surface area contributed by atoms with E-state index in [1.165, 1.54) is 23.5 Å². The molecule has 0 spiro atoms. The van der Waals surface area contributed by atoms with Crippen molar-refractivity contribution in [2.45, 2.75) is 0 Å². The van der Waals surface area contributed by atoms with Crippen molar-refractivity contribution in [1.82, 2.24) is 4.98 Å². The van der Waals surface area contributed by atoms with E-state index in [1.54, 1.807) is 5.38 Å². The molecule has 0 unspecified atom stereocenters. The SMILES string of the molecule is O=C(Nc1nc(-c2ccc3c(c2)OCCO3)cs1)c1cc([N+](=O)[O-])ccc1Cl. The van der Waals surface area contributed by atoms with E-state index in [9.17, 15) is 14.9 Å². The Bertz CT molecular complexity index is 1080. The molecule has 2 aromatic carbocycles. The quantitative estimate of drug-likeness (QED) is 0.498. The molecule has 28 heavy (non-hydrogen) atoms. The third kappa shape index (κ3) is 3.62. The lowest BCUT2D eigenvalue weighted by molar-refractivity contribution is -0.384. The summed E-state index contributed by atoms with van der Waals surface area (Å²) in [5.41, 5.74) is 1.26. The van der Waals surface area contributed by atoms with Gasteiger partial charge in [0.05, 0.1) is 21.2 Å². The van der Waals surface area contributed by atoms with Gasteiger partial charge in [0, 0.05) is 23.1 Å². The molecule has 0 saturated carbocycles. The van der Waals surface area contributed by atoms with E-state index in [0.29, 0.717) is 35.5 Å². The van der Waals surface area contributed by atoms with Gasteiger partial charge in [-0.05, 0) is 24.3 Å². The lowest BCUT2D eigenvalue weighted by Gasteiger charge is -2.18. The number of rotatable bonds is 4. The summed E-state index contributed by atoms with van der Waals surface area (Å²) in [6, 6.07) is 9.18. The van der Waals surface area contributed by atoms with Gasteiger partial charge in [0.25, 0.3) is 11.6 Å². The van der Waals surface area contributed by atoms with E-state index < -0.39 is 10.8 Å². The summed E-state index contributed by atoms with van der Waals surface area (Å²) in [5.74, 6) is 0.751. The van der Waals surface area contributed by atoms with Crippen LogP contribution in [0.4, 0.5) is 10.8 Å². The Labute approximate surface area is 167 Å². The molecule has 0 fully saturated rings. The van der Waals surface area contributed by atoms with E-state index in [-0.39, 0.29) is 16.3 Å². The van der Waals surface area contributed by atoms with Crippen molar-refractivity contribution in [2.24, 2.45) is 0 Å². The van der Waals surface area contributed by atoms with Gasteiger partial charge in [0.2, 0.25) is 0 Å². The number of carbonyl (C=O) groups excluding carboxylic acids is 1. The normalized spacial score (nSPS) is 12.5. The fourth-order valence-electron chi connectivity index (χ4n) is 2.63. The average Bonchev–Trinajstić information content (AvgIpc) is 3.16. The first-order valence-corrected chi connectivity index (χ1v) is 9.38. The van der Waals surface area contributed by atoms with Gasteiger partial charge in [0.15, 0.2) is 16.6 Å². The number of aromatic nitrogens is 1. The fraction of sp³-hybridized carbons (Fsp3) is 0.111. The number of non-ortho nitro benzene ring substituents is 1. The van der Waals surface area contributed by atoms with Crippen LogP contribution in [-0.2, 0) is 0 Å². The number of anilines is 1. The molecule has 1 N–H and O–H groups in total. The summed E-state index contributed by atoms with van der Waals surface area (Å²) in [6.07, 6.45) is 0. The molecule has 2 heterocycles. The lowest BCUT2D eigenvalue weighted by Crippen LogP contribution is -2.15. The highest BCUT2D eigenvalue weighted by Crippen LogP contribution is 2.35. The summed E-state index contributed by atoms with van der Waals surface area (Å²) in [4.78, 5) is 27.2. The summed E-state index contributed by atoms with van der Waals surface area (Å²) in [5, 5.41) is 15.8. The van der Waals surface area contributed by atoms with Crippen molar-refractivity contribution in [3.63, 3.8) is 0 Å². The largest absolute Gasteiger partial charge is 0.486 e. The Hall–Kier alpha value is -3.17. The molecule has 1 aromatic heterocycles. The summed E-state index contributed by atoms with van der Waals surface area (Å²) in [7, 11) is 0. The molecule has 8 nitrogen and oxygen atoms in total. The molecule has 4 rings (SSSR count). The summed E-state index contributed by atoms with van der Waals surface area (Å²) in [6.45, 7) is 0.998. The third-order valence-corrected chi connectivity index (χ3v) is 5.06. The van der Waals surface area contributed by atoms with Crippen LogP contribution in [0.5, 0.6) is 11.5 Å². The third-order valence-electron chi connectivity index (χ3n) is 3.97. The molecule has 0 aliphatic carbocycles. The second kappa shape index (κ2) is 7.45. The number of nitrogens with one attached hydrogen (secondary N) is 1. The first kappa shape index (κ1) is 18.2. The molecule has 1 aliphatic rings. The Kier molecular flexibility index (Phi) is 4.84. The fourth-order valence-corrected chi connectivity index (χ4v) is 3.55. The van der Waals surface area contributed by atoms with Crippen molar-refractivity contribution in [2.75, 3.05) is 18.5 Å². The van der Waals surface area contributed by atoms with E-state index in [0.717, 1.165) is 11.6 Å². The number of ether oxygens (including phenoxy) is 2. The number of halogens is 1. The molecule has 1 aliphatic heterocycles. The van der Waals surface area contributed by atoms with Gasteiger partial charge in [-0.25, -0.2) is 4.98 Å². The van der Waals surface area contributed by atoms with Crippen LogP contribution in [0.2, 0.25) is 5.02 Å². The van der Waals surface area contributed by atoms with Gasteiger partial charge in [-0.1, -0.05) is 11.6 Å². The van der Waals surface area contributed by atoms with Crippen molar-refractivity contribution >= 4 is 39.7 Å². The standard InChI is InChI=1S/C18H12ClN3O5S/c19-13-3-2-11(22(24)25)8-12(13)17(23)21-18-20-14(9-28-18)10-1-4-15-16(7-10)27-6-5-26-15/h1-4,7-9H,5-6H2,(H,20,21,23). The topological polar surface area (TPSA) is 104 Å². The zero-order valence-electron chi connectivity index (χ0n) is 14.2. The molecule has 3 aromatic rings. The van der Waals surface area contributed by atoms with E-state index in [4.69, 9.17) is 21.1 Å². The Morgan fingerprint density at radius 2 is 1.96 bits per heavy atom. The summed E-state index contributed by atoms with van der Waals surface area (Å²) < 4.78 is 11.1. The van der Waals surface area contributed by atoms with Crippen LogP contribution in [0.3, 0.4) is 0 Å². The Balaban J connectivity index is 1.55.